The summed E-state index contributed by atoms with van der Waals surface area (Å²) >= 11 is 6.11. The quantitative estimate of drug-likeness (QED) is 0.534. The van der Waals surface area contributed by atoms with Gasteiger partial charge in [0.15, 0.2) is 5.76 Å². The lowest BCUT2D eigenvalue weighted by Crippen LogP contribution is -2.31. The van der Waals surface area contributed by atoms with Crippen LogP contribution in [0.4, 0.5) is 17.1 Å². The summed E-state index contributed by atoms with van der Waals surface area (Å²) < 4.78 is 5.16. The molecule has 2 heterocycles. The molecule has 1 saturated heterocycles. The zero-order valence-electron chi connectivity index (χ0n) is 17.3. The summed E-state index contributed by atoms with van der Waals surface area (Å²) in [5.74, 6) is -0.409. The number of nitrogens with one attached hydrogen (secondary N) is 2. The predicted octanol–water partition coefficient (Wildman–Crippen LogP) is 5.74. The molecule has 6 nitrogen and oxygen atoms in total. The van der Waals surface area contributed by atoms with Crippen LogP contribution in [-0.4, -0.2) is 24.9 Å². The molecule has 1 aliphatic heterocycles. The van der Waals surface area contributed by atoms with E-state index in [9.17, 15) is 9.59 Å². The average Bonchev–Trinajstić information content (AvgIpc) is 3.32. The molecule has 3 aromatic rings. The van der Waals surface area contributed by atoms with Crippen LogP contribution < -0.4 is 15.5 Å². The van der Waals surface area contributed by atoms with Crippen LogP contribution in [-0.2, 0) is 0 Å². The number of anilines is 3. The van der Waals surface area contributed by atoms with Crippen LogP contribution in [0.1, 0.15) is 45.7 Å². The summed E-state index contributed by atoms with van der Waals surface area (Å²) in [5.41, 5.74) is 3.45. The third-order valence-electron chi connectivity index (χ3n) is 5.39. The Bertz CT molecular complexity index is 1090. The lowest BCUT2D eigenvalue weighted by atomic mass is 10.1. The summed E-state index contributed by atoms with van der Waals surface area (Å²) in [7, 11) is 0. The number of carbonyl (C=O) groups is 2. The molecule has 4 rings (SSSR count). The molecule has 0 atom stereocenters. The van der Waals surface area contributed by atoms with Gasteiger partial charge in [0.2, 0.25) is 0 Å². The van der Waals surface area contributed by atoms with Crippen LogP contribution in [0.15, 0.2) is 59.2 Å². The van der Waals surface area contributed by atoms with Crippen molar-refractivity contribution in [3.8, 4) is 0 Å². The normalized spacial score (nSPS) is 13.7. The van der Waals surface area contributed by atoms with Crippen molar-refractivity contribution >= 4 is 40.5 Å². The van der Waals surface area contributed by atoms with E-state index in [4.69, 9.17) is 16.0 Å². The molecule has 7 heteroatoms. The molecule has 0 aliphatic carbocycles. The maximum absolute atomic E-state index is 13.3. The molecule has 1 fully saturated rings. The van der Waals surface area contributed by atoms with Crippen LogP contribution >= 0.6 is 11.6 Å². The first-order chi connectivity index (χ1) is 15.0. The van der Waals surface area contributed by atoms with Crippen LogP contribution in [0, 0.1) is 6.92 Å². The third-order valence-corrected chi connectivity index (χ3v) is 5.62. The first kappa shape index (κ1) is 21.0. The Morgan fingerprint density at radius 2 is 1.77 bits per heavy atom. The number of rotatable bonds is 5. The summed E-state index contributed by atoms with van der Waals surface area (Å²) in [6, 6.07) is 14.0. The molecule has 2 N–H and O–H groups in total. The van der Waals surface area contributed by atoms with Crippen molar-refractivity contribution in [1.29, 1.82) is 0 Å². The molecule has 0 saturated carbocycles. The van der Waals surface area contributed by atoms with Gasteiger partial charge in [0, 0.05) is 35.2 Å². The molecule has 160 valence electrons. The predicted molar refractivity (Wildman–Crippen MR) is 123 cm³/mol. The number of hydrogen-bond acceptors (Lipinski definition) is 4. The van der Waals surface area contributed by atoms with Crippen molar-refractivity contribution in [2.75, 3.05) is 28.6 Å². The minimum Gasteiger partial charge on any atom is -0.459 e. The van der Waals surface area contributed by atoms with Gasteiger partial charge < -0.3 is 20.0 Å². The summed E-state index contributed by atoms with van der Waals surface area (Å²) in [6.07, 6.45) is 4.81. The Labute approximate surface area is 186 Å². The number of carbonyl (C=O) groups excluding carboxylic acids is 2. The SMILES string of the molecule is Cc1ccc(Cl)cc1NC(=O)c1cc(NC(=O)c2ccco2)ccc1N1CCCCC1. The van der Waals surface area contributed by atoms with Gasteiger partial charge in [-0.15, -0.1) is 0 Å². The van der Waals surface area contributed by atoms with Crippen LogP contribution in [0.3, 0.4) is 0 Å². The van der Waals surface area contributed by atoms with Gasteiger partial charge in [-0.05, 0) is 74.2 Å². The number of amides is 2. The van der Waals surface area contributed by atoms with E-state index in [1.165, 1.54) is 12.7 Å². The van der Waals surface area contributed by atoms with Crippen molar-refractivity contribution < 1.29 is 14.0 Å². The second-order valence-corrected chi connectivity index (χ2v) is 8.06. The lowest BCUT2D eigenvalue weighted by Gasteiger charge is -2.30. The van der Waals surface area contributed by atoms with E-state index in [0.717, 1.165) is 37.2 Å². The number of hydrogen-bond donors (Lipinski definition) is 2. The second-order valence-electron chi connectivity index (χ2n) is 7.62. The molecule has 0 radical (unpaired) electrons. The lowest BCUT2D eigenvalue weighted by molar-refractivity contribution is 0.0993. The van der Waals surface area contributed by atoms with E-state index in [1.807, 2.05) is 25.1 Å². The highest BCUT2D eigenvalue weighted by atomic mass is 35.5. The molecule has 1 aromatic heterocycles. The van der Waals surface area contributed by atoms with Crippen LogP contribution in [0.2, 0.25) is 5.02 Å². The summed E-state index contributed by atoms with van der Waals surface area (Å²) in [5, 5.41) is 6.33. The Balaban J connectivity index is 1.65. The summed E-state index contributed by atoms with van der Waals surface area (Å²) in [6.45, 7) is 3.71. The zero-order valence-corrected chi connectivity index (χ0v) is 18.0. The van der Waals surface area contributed by atoms with E-state index in [1.54, 1.807) is 30.3 Å². The highest BCUT2D eigenvalue weighted by Crippen LogP contribution is 2.29. The molecule has 0 unspecified atom stereocenters. The maximum Gasteiger partial charge on any atom is 0.291 e. The fraction of sp³-hybridized carbons (Fsp3) is 0.250. The highest BCUT2D eigenvalue weighted by Gasteiger charge is 2.21. The molecule has 0 bridgehead atoms. The Hall–Kier alpha value is -3.25. The highest BCUT2D eigenvalue weighted by molar-refractivity contribution is 6.31. The van der Waals surface area contributed by atoms with Gasteiger partial charge in [0.25, 0.3) is 11.8 Å². The van der Waals surface area contributed by atoms with Gasteiger partial charge in [-0.1, -0.05) is 17.7 Å². The minimum absolute atomic E-state index is 0.209. The van der Waals surface area contributed by atoms with Gasteiger partial charge in [-0.3, -0.25) is 9.59 Å². The van der Waals surface area contributed by atoms with E-state index < -0.39 is 0 Å². The second kappa shape index (κ2) is 9.27. The molecule has 1 aliphatic rings. The number of benzene rings is 2. The van der Waals surface area contributed by atoms with Crippen molar-refractivity contribution in [3.63, 3.8) is 0 Å². The largest absolute Gasteiger partial charge is 0.459 e. The fourth-order valence-corrected chi connectivity index (χ4v) is 3.90. The van der Waals surface area contributed by atoms with Gasteiger partial charge in [0.05, 0.1) is 11.8 Å². The van der Waals surface area contributed by atoms with Crippen molar-refractivity contribution in [2.24, 2.45) is 0 Å². The standard InChI is InChI=1S/C24H24ClN3O3/c1-16-7-8-17(25)14-20(16)27-23(29)19-15-18(26-24(30)22-6-5-13-31-22)9-10-21(19)28-11-3-2-4-12-28/h5-10,13-15H,2-4,11-12H2,1H3,(H,26,30)(H,27,29). The van der Waals surface area contributed by atoms with E-state index in [2.05, 4.69) is 15.5 Å². The number of nitrogens with zero attached hydrogens (tertiary/aromatic N) is 1. The molecule has 0 spiro atoms. The molecule has 31 heavy (non-hydrogen) atoms. The Kier molecular flexibility index (Phi) is 6.28. The first-order valence-electron chi connectivity index (χ1n) is 10.3. The van der Waals surface area contributed by atoms with Crippen LogP contribution in [0.25, 0.3) is 0 Å². The molecule has 2 aromatic carbocycles. The first-order valence-corrected chi connectivity index (χ1v) is 10.7. The van der Waals surface area contributed by atoms with Crippen molar-refractivity contribution in [1.82, 2.24) is 0 Å². The molecular formula is C24H24ClN3O3. The number of halogens is 1. The van der Waals surface area contributed by atoms with Gasteiger partial charge in [-0.2, -0.15) is 0 Å². The Morgan fingerprint density at radius 1 is 0.968 bits per heavy atom. The maximum atomic E-state index is 13.3. The average molecular weight is 438 g/mol. The number of furan rings is 1. The van der Waals surface area contributed by atoms with E-state index in [0.29, 0.717) is 22.0 Å². The van der Waals surface area contributed by atoms with Gasteiger partial charge in [0.1, 0.15) is 0 Å². The third kappa shape index (κ3) is 4.91. The van der Waals surface area contributed by atoms with Crippen molar-refractivity contribution in [3.05, 3.63) is 76.7 Å². The molecular weight excluding hydrogens is 414 g/mol. The fourth-order valence-electron chi connectivity index (χ4n) is 3.73. The Morgan fingerprint density at radius 3 is 2.52 bits per heavy atom. The van der Waals surface area contributed by atoms with Gasteiger partial charge in [-0.25, -0.2) is 0 Å². The minimum atomic E-state index is -0.368. The smallest absolute Gasteiger partial charge is 0.291 e. The van der Waals surface area contributed by atoms with E-state index >= 15 is 0 Å². The van der Waals surface area contributed by atoms with Crippen molar-refractivity contribution in [2.45, 2.75) is 26.2 Å². The number of piperidine rings is 1. The molecule has 2 amide bonds. The summed E-state index contributed by atoms with van der Waals surface area (Å²) in [4.78, 5) is 27.9. The van der Waals surface area contributed by atoms with Crippen LogP contribution in [0.5, 0.6) is 0 Å². The topological polar surface area (TPSA) is 74.6 Å². The zero-order chi connectivity index (χ0) is 21.8. The number of aryl methyl sites for hydroxylation is 1. The van der Waals surface area contributed by atoms with E-state index in [-0.39, 0.29) is 17.6 Å². The monoisotopic (exact) mass is 437 g/mol. The van der Waals surface area contributed by atoms with Gasteiger partial charge >= 0.3 is 0 Å².